The third-order valence-electron chi connectivity index (χ3n) is 6.13. The maximum Gasteiger partial charge on any atom is 0.573 e. The van der Waals surface area contributed by atoms with E-state index in [1.807, 2.05) is 0 Å². The van der Waals surface area contributed by atoms with Crippen LogP contribution in [0.3, 0.4) is 0 Å². The van der Waals surface area contributed by atoms with Gasteiger partial charge in [0.25, 0.3) is 0 Å². The summed E-state index contributed by atoms with van der Waals surface area (Å²) in [4.78, 5) is 16.4. The number of aryl methyl sites for hydroxylation is 1. The van der Waals surface area contributed by atoms with E-state index in [2.05, 4.69) is 20.2 Å². The Balaban J connectivity index is 1.29. The lowest BCUT2D eigenvalue weighted by atomic mass is 9.96. The molecule has 0 bridgehead atoms. The molecular formula is C24H25F3N4O6S. The minimum Gasteiger partial charge on any atom is -0.494 e. The molecular weight excluding hydrogens is 529 g/mol. The maximum atomic E-state index is 13.2. The summed E-state index contributed by atoms with van der Waals surface area (Å²) in [5, 5.41) is 6.87. The zero-order chi connectivity index (χ0) is 27.4. The van der Waals surface area contributed by atoms with Crippen molar-refractivity contribution in [2.45, 2.75) is 41.7 Å². The summed E-state index contributed by atoms with van der Waals surface area (Å²) < 4.78 is 76.3. The van der Waals surface area contributed by atoms with Gasteiger partial charge in [0.2, 0.25) is 17.6 Å². The molecule has 0 atom stereocenters. The molecule has 1 amide bonds. The number of nitrogens with two attached hydrogens (primary N) is 1. The van der Waals surface area contributed by atoms with Crippen molar-refractivity contribution in [1.82, 2.24) is 15.5 Å². The van der Waals surface area contributed by atoms with Crippen molar-refractivity contribution in [3.8, 4) is 22.9 Å². The van der Waals surface area contributed by atoms with E-state index >= 15 is 0 Å². The molecule has 14 heteroatoms. The number of ether oxygens (including phenoxy) is 2. The second kappa shape index (κ2) is 11.0. The highest BCUT2D eigenvalue weighted by Gasteiger charge is 2.50. The number of alkyl halides is 3. The Bertz CT molecular complexity index is 1350. The Morgan fingerprint density at radius 3 is 2.29 bits per heavy atom. The topological polar surface area (TPSA) is 147 Å². The quantitative estimate of drug-likeness (QED) is 0.361. The highest BCUT2D eigenvalue weighted by Crippen LogP contribution is 2.34. The molecule has 3 N–H and O–H groups in total. The van der Waals surface area contributed by atoms with Gasteiger partial charge in [-0.2, -0.15) is 4.98 Å². The first-order valence-corrected chi connectivity index (χ1v) is 13.2. The number of hydrogen-bond donors (Lipinski definition) is 2. The molecule has 1 saturated heterocycles. The molecule has 1 aromatic heterocycles. The van der Waals surface area contributed by atoms with Crippen LogP contribution in [-0.2, 0) is 21.1 Å². The average molecular weight is 555 g/mol. The van der Waals surface area contributed by atoms with E-state index in [0.717, 1.165) is 12.1 Å². The summed E-state index contributed by atoms with van der Waals surface area (Å²) >= 11 is 0. The van der Waals surface area contributed by atoms with Crippen LogP contribution < -0.4 is 20.5 Å². The van der Waals surface area contributed by atoms with E-state index in [1.165, 1.54) is 36.4 Å². The molecule has 0 spiro atoms. The fourth-order valence-electron chi connectivity index (χ4n) is 4.11. The number of halogens is 3. The Morgan fingerprint density at radius 1 is 1.05 bits per heavy atom. The van der Waals surface area contributed by atoms with Gasteiger partial charge >= 0.3 is 6.36 Å². The lowest BCUT2D eigenvalue weighted by Gasteiger charge is -2.34. The molecule has 204 valence electrons. The number of rotatable bonds is 10. The number of piperidine rings is 1. The van der Waals surface area contributed by atoms with Crippen molar-refractivity contribution < 1.29 is 40.4 Å². The molecule has 4 rings (SSSR count). The van der Waals surface area contributed by atoms with E-state index in [0.29, 0.717) is 43.1 Å². The van der Waals surface area contributed by atoms with E-state index in [-0.39, 0.29) is 35.9 Å². The first kappa shape index (κ1) is 27.4. The molecule has 38 heavy (non-hydrogen) atoms. The van der Waals surface area contributed by atoms with Crippen LogP contribution in [0.2, 0.25) is 0 Å². The van der Waals surface area contributed by atoms with Crippen LogP contribution in [0.15, 0.2) is 57.9 Å². The molecule has 0 aliphatic carbocycles. The van der Waals surface area contributed by atoms with Crippen molar-refractivity contribution in [2.24, 2.45) is 5.73 Å². The van der Waals surface area contributed by atoms with Gasteiger partial charge in [-0.25, -0.2) is 8.42 Å². The predicted octanol–water partition coefficient (Wildman–Crippen LogP) is 3.03. The third-order valence-corrected chi connectivity index (χ3v) is 8.66. The lowest BCUT2D eigenvalue weighted by Crippen LogP contribution is -2.56. The van der Waals surface area contributed by atoms with Crippen LogP contribution in [0.25, 0.3) is 11.4 Å². The standard InChI is InChI=1S/C24H25F3N4O6S/c25-24(26,27)36-18-5-3-16(4-6-18)21-30-20(37-31-21)2-1-15-35-17-7-9-19(10-8-17)38(33,34)23(22(28)32)11-13-29-14-12-23/h3-10,29H,1-2,11-15H2,(H2,28,32). The fourth-order valence-corrected chi connectivity index (χ4v) is 6.06. The van der Waals surface area contributed by atoms with Crippen LogP contribution >= 0.6 is 0 Å². The van der Waals surface area contributed by atoms with Gasteiger partial charge < -0.3 is 25.0 Å². The molecule has 0 saturated carbocycles. The number of benzene rings is 2. The van der Waals surface area contributed by atoms with Crippen LogP contribution in [-0.4, -0.2) is 55.3 Å². The van der Waals surface area contributed by atoms with E-state index in [4.69, 9.17) is 15.0 Å². The van der Waals surface area contributed by atoms with Crippen molar-refractivity contribution in [2.75, 3.05) is 19.7 Å². The zero-order valence-electron chi connectivity index (χ0n) is 20.0. The summed E-state index contributed by atoms with van der Waals surface area (Å²) in [6.45, 7) is 1.03. The first-order valence-electron chi connectivity index (χ1n) is 11.7. The molecule has 1 aliphatic rings. The Labute approximate surface area is 216 Å². The zero-order valence-corrected chi connectivity index (χ0v) is 20.8. The smallest absolute Gasteiger partial charge is 0.494 e. The number of nitrogens with one attached hydrogen (secondary N) is 1. The van der Waals surface area contributed by atoms with Crippen LogP contribution in [0.5, 0.6) is 11.5 Å². The summed E-state index contributed by atoms with van der Waals surface area (Å²) in [7, 11) is -3.99. The van der Waals surface area contributed by atoms with Crippen LogP contribution in [0.4, 0.5) is 13.2 Å². The summed E-state index contributed by atoms with van der Waals surface area (Å²) in [5.74, 6) is -0.227. The molecule has 2 heterocycles. The van der Waals surface area contributed by atoms with Crippen LogP contribution in [0.1, 0.15) is 25.2 Å². The molecule has 0 radical (unpaired) electrons. The van der Waals surface area contributed by atoms with Crippen LogP contribution in [0, 0.1) is 0 Å². The van der Waals surface area contributed by atoms with Gasteiger partial charge in [0.1, 0.15) is 11.5 Å². The maximum absolute atomic E-state index is 13.2. The average Bonchev–Trinajstić information content (AvgIpc) is 3.35. The number of amides is 1. The Kier molecular flexibility index (Phi) is 7.92. The van der Waals surface area contributed by atoms with Gasteiger partial charge in [0.15, 0.2) is 14.6 Å². The SMILES string of the molecule is NC(=O)C1(S(=O)(=O)c2ccc(OCCCc3nc(-c4ccc(OC(F)(F)F)cc4)no3)cc2)CCNCC1. The minimum atomic E-state index is -4.77. The second-order valence-corrected chi connectivity index (χ2v) is 10.9. The number of carbonyl (C=O) groups is 1. The number of sulfone groups is 1. The van der Waals surface area contributed by atoms with E-state index < -0.39 is 26.9 Å². The number of hydrogen-bond acceptors (Lipinski definition) is 9. The fraction of sp³-hybridized carbons (Fsp3) is 0.375. The number of carbonyl (C=O) groups excluding carboxylic acids is 1. The van der Waals surface area contributed by atoms with E-state index in [9.17, 15) is 26.4 Å². The van der Waals surface area contributed by atoms with E-state index in [1.54, 1.807) is 0 Å². The third kappa shape index (κ3) is 6.07. The van der Waals surface area contributed by atoms with Gasteiger partial charge in [0.05, 0.1) is 11.5 Å². The molecule has 0 unspecified atom stereocenters. The van der Waals surface area contributed by atoms with Crippen molar-refractivity contribution in [3.63, 3.8) is 0 Å². The Hall–Kier alpha value is -3.65. The Morgan fingerprint density at radius 2 is 1.68 bits per heavy atom. The number of aromatic nitrogens is 2. The van der Waals surface area contributed by atoms with Gasteiger partial charge in [-0.15, -0.1) is 13.2 Å². The van der Waals surface area contributed by atoms with Gasteiger partial charge in [-0.05, 0) is 80.9 Å². The lowest BCUT2D eigenvalue weighted by molar-refractivity contribution is -0.274. The summed E-state index contributed by atoms with van der Waals surface area (Å²) in [5.41, 5.74) is 5.98. The predicted molar refractivity (Wildman–Crippen MR) is 128 cm³/mol. The number of nitrogens with zero attached hydrogens (tertiary/aromatic N) is 2. The molecule has 1 aliphatic heterocycles. The summed E-state index contributed by atoms with van der Waals surface area (Å²) in [6, 6.07) is 10.9. The van der Waals surface area contributed by atoms with Gasteiger partial charge in [-0.3, -0.25) is 4.79 Å². The highest BCUT2D eigenvalue weighted by atomic mass is 32.2. The molecule has 2 aromatic carbocycles. The molecule has 1 fully saturated rings. The monoisotopic (exact) mass is 554 g/mol. The summed E-state index contributed by atoms with van der Waals surface area (Å²) in [6.07, 6.45) is -3.68. The first-order chi connectivity index (χ1) is 18.0. The highest BCUT2D eigenvalue weighted by molar-refractivity contribution is 7.93. The van der Waals surface area contributed by atoms with Gasteiger partial charge in [-0.1, -0.05) is 5.16 Å². The van der Waals surface area contributed by atoms with Gasteiger partial charge in [0, 0.05) is 12.0 Å². The minimum absolute atomic E-state index is 0.00180. The van der Waals surface area contributed by atoms with Crippen molar-refractivity contribution in [3.05, 3.63) is 54.4 Å². The molecule has 3 aromatic rings. The largest absolute Gasteiger partial charge is 0.573 e. The number of primary amides is 1. The second-order valence-electron chi connectivity index (χ2n) is 8.62. The molecule has 10 nitrogen and oxygen atoms in total. The van der Waals surface area contributed by atoms with Crippen molar-refractivity contribution >= 4 is 15.7 Å². The normalized spacial score (nSPS) is 15.7. The van der Waals surface area contributed by atoms with Crippen molar-refractivity contribution in [1.29, 1.82) is 0 Å².